The standard InChI is InChI=1S/C20H20F2N4O2S/c1-11(25-10-14(24)6-12-2-4-15(21)16(22)7-12)29-19(9-23)13-3-5-17-18(8-13)28-20(27)26-17/h2-5,7-9,14,25H,1,6,10,23-24H2,(H,26,27)/b19-9-/t14-/m0/s1. The van der Waals surface area contributed by atoms with Crippen LogP contribution in [0.15, 0.2) is 63.4 Å². The van der Waals surface area contributed by atoms with E-state index in [4.69, 9.17) is 15.9 Å². The van der Waals surface area contributed by atoms with E-state index in [2.05, 4.69) is 16.9 Å². The molecule has 6 N–H and O–H groups in total. The van der Waals surface area contributed by atoms with E-state index in [-0.39, 0.29) is 6.04 Å². The summed E-state index contributed by atoms with van der Waals surface area (Å²) in [5, 5.41) is 3.71. The predicted octanol–water partition coefficient (Wildman–Crippen LogP) is 3.02. The number of hydrogen-bond donors (Lipinski definition) is 4. The Morgan fingerprint density at radius 1 is 1.28 bits per heavy atom. The van der Waals surface area contributed by atoms with Gasteiger partial charge in [-0.2, -0.15) is 0 Å². The van der Waals surface area contributed by atoms with Gasteiger partial charge in [0, 0.05) is 23.7 Å². The highest BCUT2D eigenvalue weighted by atomic mass is 32.2. The lowest BCUT2D eigenvalue weighted by Crippen LogP contribution is -2.34. The van der Waals surface area contributed by atoms with Crippen molar-refractivity contribution in [2.75, 3.05) is 6.54 Å². The van der Waals surface area contributed by atoms with Crippen LogP contribution in [0.1, 0.15) is 11.1 Å². The summed E-state index contributed by atoms with van der Waals surface area (Å²) in [5.41, 5.74) is 14.2. The van der Waals surface area contributed by atoms with Crippen molar-refractivity contribution < 1.29 is 13.2 Å². The Hall–Kier alpha value is -3.04. The van der Waals surface area contributed by atoms with Crippen molar-refractivity contribution >= 4 is 27.8 Å². The van der Waals surface area contributed by atoms with E-state index >= 15 is 0 Å². The van der Waals surface area contributed by atoms with Crippen LogP contribution in [0.25, 0.3) is 16.0 Å². The first-order valence-corrected chi connectivity index (χ1v) is 9.52. The molecule has 0 fully saturated rings. The maximum atomic E-state index is 13.3. The minimum atomic E-state index is -0.893. The number of thioether (sulfide) groups is 1. The van der Waals surface area contributed by atoms with Gasteiger partial charge < -0.3 is 21.2 Å². The summed E-state index contributed by atoms with van der Waals surface area (Å²) in [6, 6.07) is 8.65. The number of aromatic nitrogens is 1. The molecule has 1 heterocycles. The number of hydrogen-bond acceptors (Lipinski definition) is 6. The monoisotopic (exact) mass is 418 g/mol. The summed E-state index contributed by atoms with van der Waals surface area (Å²) in [7, 11) is 0. The third-order valence-electron chi connectivity index (χ3n) is 4.13. The van der Waals surface area contributed by atoms with E-state index in [0.717, 1.165) is 17.7 Å². The number of nitrogens with one attached hydrogen (secondary N) is 2. The SMILES string of the molecule is C=C(NC[C@@H](N)Cc1ccc(F)c(F)c1)S/C(=C\N)c1ccc2[nH]c(=O)oc2c1. The van der Waals surface area contributed by atoms with Gasteiger partial charge in [0.1, 0.15) is 0 Å². The summed E-state index contributed by atoms with van der Waals surface area (Å²) in [6.07, 6.45) is 1.82. The van der Waals surface area contributed by atoms with Gasteiger partial charge in [-0.15, -0.1) is 0 Å². The fraction of sp³-hybridized carbons (Fsp3) is 0.150. The lowest BCUT2D eigenvalue weighted by Gasteiger charge is -2.16. The Balaban J connectivity index is 1.56. The Labute approximate surface area is 169 Å². The van der Waals surface area contributed by atoms with Gasteiger partial charge >= 0.3 is 5.76 Å². The van der Waals surface area contributed by atoms with E-state index in [0.29, 0.717) is 39.6 Å². The molecule has 2 aromatic carbocycles. The van der Waals surface area contributed by atoms with Crippen LogP contribution in [0.5, 0.6) is 0 Å². The van der Waals surface area contributed by atoms with Crippen molar-refractivity contribution in [1.29, 1.82) is 0 Å². The van der Waals surface area contributed by atoms with Crippen LogP contribution in [-0.4, -0.2) is 17.6 Å². The number of rotatable bonds is 8. The molecule has 0 saturated carbocycles. The lowest BCUT2D eigenvalue weighted by atomic mass is 10.1. The maximum absolute atomic E-state index is 13.3. The Kier molecular flexibility index (Phi) is 6.40. The van der Waals surface area contributed by atoms with Crippen LogP contribution in [0.2, 0.25) is 0 Å². The maximum Gasteiger partial charge on any atom is 0.417 e. The largest absolute Gasteiger partial charge is 0.417 e. The van der Waals surface area contributed by atoms with Gasteiger partial charge in [0.25, 0.3) is 0 Å². The summed E-state index contributed by atoms with van der Waals surface area (Å²) in [4.78, 5) is 14.6. The Morgan fingerprint density at radius 2 is 2.07 bits per heavy atom. The summed E-state index contributed by atoms with van der Waals surface area (Å²) in [5.74, 6) is -2.30. The minimum absolute atomic E-state index is 0.326. The number of nitrogens with two attached hydrogens (primary N) is 2. The molecule has 1 aromatic heterocycles. The molecule has 3 aromatic rings. The van der Waals surface area contributed by atoms with E-state index in [1.54, 1.807) is 12.1 Å². The Bertz CT molecular complexity index is 1120. The first-order valence-electron chi connectivity index (χ1n) is 8.71. The van der Waals surface area contributed by atoms with Crippen LogP contribution < -0.4 is 22.5 Å². The quantitative estimate of drug-likeness (QED) is 0.448. The van der Waals surface area contributed by atoms with Crippen molar-refractivity contribution in [2.45, 2.75) is 12.5 Å². The number of H-pyrrole nitrogens is 1. The van der Waals surface area contributed by atoms with Crippen molar-refractivity contribution in [3.8, 4) is 0 Å². The van der Waals surface area contributed by atoms with Crippen LogP contribution in [-0.2, 0) is 6.42 Å². The molecule has 0 amide bonds. The molecule has 0 bridgehead atoms. The molecule has 9 heteroatoms. The fourth-order valence-electron chi connectivity index (χ4n) is 2.74. The van der Waals surface area contributed by atoms with Crippen LogP contribution >= 0.6 is 11.8 Å². The molecule has 0 unspecified atom stereocenters. The van der Waals surface area contributed by atoms with Gasteiger partial charge in [0.05, 0.1) is 10.5 Å². The second-order valence-electron chi connectivity index (χ2n) is 6.38. The molecular formula is C20H20F2N4O2S. The number of aromatic amines is 1. The second-order valence-corrected chi connectivity index (χ2v) is 7.51. The molecule has 3 rings (SSSR count). The smallest absolute Gasteiger partial charge is 0.408 e. The molecule has 152 valence electrons. The number of fused-ring (bicyclic) bond motifs is 1. The summed E-state index contributed by atoms with van der Waals surface area (Å²) in [6.45, 7) is 4.33. The van der Waals surface area contributed by atoms with Gasteiger partial charge in [0.2, 0.25) is 0 Å². The average Bonchev–Trinajstić information content (AvgIpc) is 3.06. The van der Waals surface area contributed by atoms with Crippen LogP contribution in [0, 0.1) is 11.6 Å². The third-order valence-corrected chi connectivity index (χ3v) is 5.12. The molecule has 6 nitrogen and oxygen atoms in total. The molecule has 29 heavy (non-hydrogen) atoms. The zero-order valence-electron chi connectivity index (χ0n) is 15.4. The van der Waals surface area contributed by atoms with Gasteiger partial charge in [-0.25, -0.2) is 13.6 Å². The molecule has 0 aliphatic carbocycles. The highest BCUT2D eigenvalue weighted by molar-refractivity contribution is 8.11. The van der Waals surface area contributed by atoms with Crippen molar-refractivity contribution in [3.05, 3.63) is 87.5 Å². The summed E-state index contributed by atoms with van der Waals surface area (Å²) >= 11 is 1.30. The molecule has 0 radical (unpaired) electrons. The zero-order valence-corrected chi connectivity index (χ0v) is 16.2. The van der Waals surface area contributed by atoms with Gasteiger partial charge in [-0.1, -0.05) is 30.5 Å². The summed E-state index contributed by atoms with van der Waals surface area (Å²) < 4.78 is 31.4. The first kappa shape index (κ1) is 20.7. The second kappa shape index (κ2) is 8.97. The fourth-order valence-corrected chi connectivity index (χ4v) is 3.48. The predicted molar refractivity (Wildman–Crippen MR) is 112 cm³/mol. The lowest BCUT2D eigenvalue weighted by molar-refractivity contribution is 0.505. The van der Waals surface area contributed by atoms with Gasteiger partial charge in [0.15, 0.2) is 17.2 Å². The van der Waals surface area contributed by atoms with Crippen molar-refractivity contribution in [1.82, 2.24) is 10.3 Å². The normalized spacial score (nSPS) is 12.9. The van der Waals surface area contributed by atoms with E-state index < -0.39 is 17.4 Å². The Morgan fingerprint density at radius 3 is 2.79 bits per heavy atom. The van der Waals surface area contributed by atoms with E-state index in [1.807, 2.05) is 6.07 Å². The highest BCUT2D eigenvalue weighted by Gasteiger charge is 2.11. The van der Waals surface area contributed by atoms with E-state index in [1.165, 1.54) is 24.0 Å². The zero-order chi connectivity index (χ0) is 21.0. The number of benzene rings is 2. The van der Waals surface area contributed by atoms with E-state index in [9.17, 15) is 13.6 Å². The number of halogens is 2. The first-order chi connectivity index (χ1) is 13.9. The van der Waals surface area contributed by atoms with Gasteiger partial charge in [-0.05, 0) is 41.8 Å². The third kappa shape index (κ3) is 5.27. The minimum Gasteiger partial charge on any atom is -0.408 e. The molecule has 0 aliphatic rings. The highest BCUT2D eigenvalue weighted by Crippen LogP contribution is 2.32. The molecule has 0 aliphatic heterocycles. The van der Waals surface area contributed by atoms with Crippen LogP contribution in [0.4, 0.5) is 8.78 Å². The molecular weight excluding hydrogens is 398 g/mol. The number of oxazole rings is 1. The average molecular weight is 418 g/mol. The van der Waals surface area contributed by atoms with Gasteiger partial charge in [-0.3, -0.25) is 4.98 Å². The van der Waals surface area contributed by atoms with Crippen molar-refractivity contribution in [2.24, 2.45) is 11.5 Å². The topological polar surface area (TPSA) is 110 Å². The molecule has 0 spiro atoms. The van der Waals surface area contributed by atoms with Crippen molar-refractivity contribution in [3.63, 3.8) is 0 Å². The van der Waals surface area contributed by atoms with Crippen LogP contribution in [0.3, 0.4) is 0 Å². The molecule has 0 saturated heterocycles. The molecule has 1 atom stereocenters.